The Kier molecular flexibility index (Phi) is 4.07. The van der Waals surface area contributed by atoms with E-state index in [-0.39, 0.29) is 16.0 Å². The van der Waals surface area contributed by atoms with Crippen molar-refractivity contribution in [2.24, 2.45) is 11.8 Å². The topological polar surface area (TPSA) is 63.2 Å². The Balaban J connectivity index is 2.24. The molecule has 1 N–H and O–H groups in total. The largest absolute Gasteiger partial charge is 0.352 e. The molecule has 1 aromatic carbocycles. The molecule has 110 valence electrons. The second kappa shape index (κ2) is 5.33. The maximum Gasteiger partial charge on any atom is 0.261 e. The minimum absolute atomic E-state index is 0.171. The van der Waals surface area contributed by atoms with E-state index in [9.17, 15) is 17.6 Å². The first-order chi connectivity index (χ1) is 9.20. The van der Waals surface area contributed by atoms with E-state index >= 15 is 0 Å². The molecule has 0 heterocycles. The number of carbonyl (C=O) groups excluding carboxylic acids is 1. The molecule has 1 aliphatic rings. The van der Waals surface area contributed by atoms with Crippen molar-refractivity contribution in [1.82, 2.24) is 5.32 Å². The van der Waals surface area contributed by atoms with Crippen LogP contribution in [0.5, 0.6) is 0 Å². The van der Waals surface area contributed by atoms with Crippen molar-refractivity contribution in [2.75, 3.05) is 6.54 Å². The number of carbonyl (C=O) groups is 1. The summed E-state index contributed by atoms with van der Waals surface area (Å²) in [5.74, 6) is -0.392. The second-order valence-electron chi connectivity index (χ2n) is 5.22. The van der Waals surface area contributed by atoms with Gasteiger partial charge in [-0.3, -0.25) is 4.79 Å². The van der Waals surface area contributed by atoms with Crippen molar-refractivity contribution >= 4 is 25.6 Å². The Morgan fingerprint density at radius 2 is 2.10 bits per heavy atom. The maximum atomic E-state index is 13.8. The lowest BCUT2D eigenvalue weighted by atomic mass is 10.1. The zero-order valence-corrected chi connectivity index (χ0v) is 12.7. The van der Waals surface area contributed by atoms with Gasteiger partial charge in [-0.25, -0.2) is 12.8 Å². The van der Waals surface area contributed by atoms with Crippen LogP contribution in [0.2, 0.25) is 0 Å². The quantitative estimate of drug-likeness (QED) is 0.867. The number of amides is 1. The Bertz CT molecular complexity index is 660. The third kappa shape index (κ3) is 3.30. The zero-order valence-electron chi connectivity index (χ0n) is 11.1. The van der Waals surface area contributed by atoms with Gasteiger partial charge >= 0.3 is 0 Å². The van der Waals surface area contributed by atoms with Gasteiger partial charge in [-0.05, 0) is 42.9 Å². The molecule has 4 nitrogen and oxygen atoms in total. The third-order valence-electron chi connectivity index (χ3n) is 3.57. The summed E-state index contributed by atoms with van der Waals surface area (Å²) in [5, 5.41) is 2.61. The lowest BCUT2D eigenvalue weighted by molar-refractivity contribution is 0.0947. The van der Waals surface area contributed by atoms with Crippen molar-refractivity contribution < 1.29 is 17.6 Å². The van der Waals surface area contributed by atoms with E-state index in [0.717, 1.165) is 18.6 Å². The molecular formula is C13H15ClFNO3S. The molecule has 0 aromatic heterocycles. The molecule has 7 heteroatoms. The van der Waals surface area contributed by atoms with E-state index in [1.165, 1.54) is 6.92 Å². The molecule has 1 saturated carbocycles. The van der Waals surface area contributed by atoms with E-state index in [1.54, 1.807) is 0 Å². The van der Waals surface area contributed by atoms with Gasteiger partial charge in [0.25, 0.3) is 15.0 Å². The van der Waals surface area contributed by atoms with Crippen LogP contribution < -0.4 is 5.32 Å². The minimum atomic E-state index is -4.01. The first kappa shape index (κ1) is 15.3. The van der Waals surface area contributed by atoms with E-state index in [4.69, 9.17) is 10.7 Å². The molecule has 1 amide bonds. The summed E-state index contributed by atoms with van der Waals surface area (Å²) in [7, 11) is 1.26. The molecule has 0 bridgehead atoms. The van der Waals surface area contributed by atoms with Gasteiger partial charge in [0.15, 0.2) is 0 Å². The van der Waals surface area contributed by atoms with E-state index in [0.29, 0.717) is 18.4 Å². The standard InChI is InChI=1S/C13H15ClFNO3S/c1-7-3-9(7)6-16-13(17)10-5-12(20(14,18)19)8(2)4-11(10)15/h4-5,7,9H,3,6H2,1-2H3,(H,16,17). The van der Waals surface area contributed by atoms with Crippen LogP contribution in [0.4, 0.5) is 4.39 Å². The maximum absolute atomic E-state index is 13.8. The van der Waals surface area contributed by atoms with Gasteiger partial charge in [0.05, 0.1) is 10.5 Å². The van der Waals surface area contributed by atoms with Crippen LogP contribution in [0.1, 0.15) is 29.3 Å². The van der Waals surface area contributed by atoms with Crippen LogP contribution in [0.15, 0.2) is 17.0 Å². The summed E-state index contributed by atoms with van der Waals surface area (Å²) < 4.78 is 36.5. The monoisotopic (exact) mass is 319 g/mol. The Morgan fingerprint density at radius 3 is 2.60 bits per heavy atom. The molecule has 2 atom stereocenters. The summed E-state index contributed by atoms with van der Waals surface area (Å²) in [6, 6.07) is 1.99. The molecule has 0 radical (unpaired) electrons. The van der Waals surface area contributed by atoms with Gasteiger partial charge in [-0.15, -0.1) is 0 Å². The minimum Gasteiger partial charge on any atom is -0.352 e. The van der Waals surface area contributed by atoms with Crippen molar-refractivity contribution in [2.45, 2.75) is 25.2 Å². The summed E-state index contributed by atoms with van der Waals surface area (Å²) in [5.41, 5.74) is -0.131. The second-order valence-corrected chi connectivity index (χ2v) is 7.75. The summed E-state index contributed by atoms with van der Waals surface area (Å²) in [4.78, 5) is 11.7. The summed E-state index contributed by atoms with van der Waals surface area (Å²) >= 11 is 0. The van der Waals surface area contributed by atoms with Crippen molar-refractivity contribution in [3.05, 3.63) is 29.1 Å². The first-order valence-electron chi connectivity index (χ1n) is 6.23. The fourth-order valence-corrected chi connectivity index (χ4v) is 3.29. The van der Waals surface area contributed by atoms with Gasteiger partial charge in [0, 0.05) is 17.2 Å². The molecule has 20 heavy (non-hydrogen) atoms. The molecule has 1 aromatic rings. The number of benzene rings is 1. The van der Waals surface area contributed by atoms with E-state index < -0.39 is 20.8 Å². The van der Waals surface area contributed by atoms with Crippen molar-refractivity contribution in [1.29, 1.82) is 0 Å². The SMILES string of the molecule is Cc1cc(F)c(C(=O)NCC2CC2C)cc1S(=O)(=O)Cl. The summed E-state index contributed by atoms with van der Waals surface area (Å²) in [6.45, 7) is 3.96. The van der Waals surface area contributed by atoms with Crippen molar-refractivity contribution in [3.8, 4) is 0 Å². The van der Waals surface area contributed by atoms with Crippen LogP contribution in [0.25, 0.3) is 0 Å². The lowest BCUT2D eigenvalue weighted by Gasteiger charge is -2.09. The van der Waals surface area contributed by atoms with Gasteiger partial charge in [-0.2, -0.15) is 0 Å². The number of halogens is 2. The normalized spacial score (nSPS) is 21.6. The van der Waals surface area contributed by atoms with Gasteiger partial charge in [0.1, 0.15) is 5.82 Å². The van der Waals surface area contributed by atoms with Crippen LogP contribution in [-0.2, 0) is 9.05 Å². The lowest BCUT2D eigenvalue weighted by Crippen LogP contribution is -2.27. The molecule has 1 aliphatic carbocycles. The van der Waals surface area contributed by atoms with Crippen LogP contribution in [-0.4, -0.2) is 20.9 Å². The van der Waals surface area contributed by atoms with E-state index in [2.05, 4.69) is 12.2 Å². The molecule has 0 spiro atoms. The number of aryl methyl sites for hydroxylation is 1. The molecule has 2 unspecified atom stereocenters. The van der Waals surface area contributed by atoms with Crippen molar-refractivity contribution in [3.63, 3.8) is 0 Å². The molecule has 2 rings (SSSR count). The molecule has 0 aliphatic heterocycles. The van der Waals surface area contributed by atoms with Crippen LogP contribution in [0.3, 0.4) is 0 Å². The Morgan fingerprint density at radius 1 is 1.50 bits per heavy atom. The average Bonchev–Trinajstić information content (AvgIpc) is 3.00. The van der Waals surface area contributed by atoms with E-state index in [1.807, 2.05) is 0 Å². The predicted molar refractivity (Wildman–Crippen MR) is 73.8 cm³/mol. The highest BCUT2D eigenvalue weighted by Crippen LogP contribution is 2.36. The fourth-order valence-electron chi connectivity index (χ4n) is 2.09. The first-order valence-corrected chi connectivity index (χ1v) is 8.54. The number of rotatable bonds is 4. The smallest absolute Gasteiger partial charge is 0.261 e. The Labute approximate surface area is 121 Å². The van der Waals surface area contributed by atoms with Crippen LogP contribution >= 0.6 is 10.7 Å². The fraction of sp³-hybridized carbons (Fsp3) is 0.462. The highest BCUT2D eigenvalue weighted by Gasteiger charge is 2.32. The number of nitrogens with one attached hydrogen (secondary N) is 1. The summed E-state index contributed by atoms with van der Waals surface area (Å²) in [6.07, 6.45) is 1.04. The predicted octanol–water partition coefficient (Wildman–Crippen LogP) is 2.45. The number of hydrogen-bond donors (Lipinski definition) is 1. The van der Waals surface area contributed by atoms with Gasteiger partial charge in [-0.1, -0.05) is 6.92 Å². The average molecular weight is 320 g/mol. The zero-order chi connectivity index (χ0) is 15.1. The molecule has 0 saturated heterocycles. The highest BCUT2D eigenvalue weighted by molar-refractivity contribution is 8.13. The molecule has 1 fully saturated rings. The van der Waals surface area contributed by atoms with Gasteiger partial charge in [0.2, 0.25) is 0 Å². The number of hydrogen-bond acceptors (Lipinski definition) is 3. The molecular weight excluding hydrogens is 305 g/mol. The highest BCUT2D eigenvalue weighted by atomic mass is 35.7. The third-order valence-corrected chi connectivity index (χ3v) is 5.04. The van der Waals surface area contributed by atoms with Gasteiger partial charge < -0.3 is 5.32 Å². The van der Waals surface area contributed by atoms with Crippen LogP contribution in [0, 0.1) is 24.6 Å². The Hall–Kier alpha value is -1.14.